The molecule has 29 heavy (non-hydrogen) atoms. The van der Waals surface area contributed by atoms with Crippen LogP contribution in [0.25, 0.3) is 0 Å². The fourth-order valence-corrected chi connectivity index (χ4v) is 5.10. The van der Waals surface area contributed by atoms with Crippen molar-refractivity contribution in [2.24, 2.45) is 0 Å². The van der Waals surface area contributed by atoms with Gasteiger partial charge in [0.2, 0.25) is 15.8 Å². The maximum absolute atomic E-state index is 12.9. The Kier molecular flexibility index (Phi) is 7.05. The molecule has 1 aliphatic heterocycles. The number of methoxy groups -OCH3 is 3. The van der Waals surface area contributed by atoms with Gasteiger partial charge in [-0.1, -0.05) is 22.0 Å². The predicted molar refractivity (Wildman–Crippen MR) is 114 cm³/mol. The summed E-state index contributed by atoms with van der Waals surface area (Å²) in [7, 11) is 1.28. The topological polar surface area (TPSA) is 68.3 Å². The number of halogens is 1. The first-order chi connectivity index (χ1) is 13.9. The standard InChI is InChI=1S/C20H25BrN2O5S/c1-26-18-9-4-15(19(27-2)20(18)28-3)14-22-10-12-23(13-11-22)29(24,25)17-7-5-16(21)6-8-17/h4-9H,10-14H2,1-3H3. The summed E-state index contributed by atoms with van der Waals surface area (Å²) in [5.41, 5.74) is 0.967. The maximum Gasteiger partial charge on any atom is 0.243 e. The lowest BCUT2D eigenvalue weighted by Gasteiger charge is -2.34. The second-order valence-corrected chi connectivity index (χ2v) is 9.48. The Hall–Kier alpha value is -1.81. The van der Waals surface area contributed by atoms with E-state index in [9.17, 15) is 8.42 Å². The number of benzene rings is 2. The van der Waals surface area contributed by atoms with Gasteiger partial charge >= 0.3 is 0 Å². The predicted octanol–water partition coefficient (Wildman–Crippen LogP) is 2.98. The van der Waals surface area contributed by atoms with Crippen molar-refractivity contribution in [2.45, 2.75) is 11.4 Å². The summed E-state index contributed by atoms with van der Waals surface area (Å²) in [5, 5.41) is 0. The third-order valence-corrected chi connectivity index (χ3v) is 7.40. The number of piperazine rings is 1. The third-order valence-electron chi connectivity index (χ3n) is 4.96. The second kappa shape index (κ2) is 9.34. The van der Waals surface area contributed by atoms with E-state index in [0.29, 0.717) is 54.9 Å². The molecule has 0 amide bonds. The fourth-order valence-electron chi connectivity index (χ4n) is 3.41. The molecule has 1 fully saturated rings. The minimum absolute atomic E-state index is 0.315. The van der Waals surface area contributed by atoms with E-state index in [-0.39, 0.29) is 0 Å². The molecule has 0 N–H and O–H groups in total. The first-order valence-electron chi connectivity index (χ1n) is 9.16. The summed E-state index contributed by atoms with van der Waals surface area (Å²) in [5.74, 6) is 1.80. The SMILES string of the molecule is COc1ccc(CN2CCN(S(=O)(=O)c3ccc(Br)cc3)CC2)c(OC)c1OC. The highest BCUT2D eigenvalue weighted by Gasteiger charge is 2.29. The van der Waals surface area contributed by atoms with E-state index < -0.39 is 10.0 Å². The first kappa shape index (κ1) is 21.9. The Bertz CT molecular complexity index is 942. The van der Waals surface area contributed by atoms with Gasteiger partial charge in [0.15, 0.2) is 11.5 Å². The largest absolute Gasteiger partial charge is 0.493 e. The summed E-state index contributed by atoms with van der Waals surface area (Å²) < 4.78 is 44.4. The summed E-state index contributed by atoms with van der Waals surface area (Å²) in [4.78, 5) is 2.52. The van der Waals surface area contributed by atoms with Crippen LogP contribution < -0.4 is 14.2 Å². The van der Waals surface area contributed by atoms with Gasteiger partial charge in [-0.05, 0) is 30.3 Å². The Morgan fingerprint density at radius 3 is 2.03 bits per heavy atom. The normalized spacial score (nSPS) is 15.9. The molecule has 158 valence electrons. The summed E-state index contributed by atoms with van der Waals surface area (Å²) in [6.45, 7) is 2.78. The Morgan fingerprint density at radius 2 is 1.48 bits per heavy atom. The van der Waals surface area contributed by atoms with Crippen LogP contribution in [0.2, 0.25) is 0 Å². The highest BCUT2D eigenvalue weighted by molar-refractivity contribution is 9.10. The zero-order valence-electron chi connectivity index (χ0n) is 16.7. The number of hydrogen-bond acceptors (Lipinski definition) is 6. The van der Waals surface area contributed by atoms with Crippen LogP contribution in [0.5, 0.6) is 17.2 Å². The third kappa shape index (κ3) is 4.69. The van der Waals surface area contributed by atoms with Crippen LogP contribution in [-0.4, -0.2) is 65.1 Å². The molecule has 7 nitrogen and oxygen atoms in total. The van der Waals surface area contributed by atoms with Crippen molar-refractivity contribution in [1.82, 2.24) is 9.21 Å². The van der Waals surface area contributed by atoms with Crippen molar-refractivity contribution in [1.29, 1.82) is 0 Å². The lowest BCUT2D eigenvalue weighted by Crippen LogP contribution is -2.48. The van der Waals surface area contributed by atoms with Gasteiger partial charge < -0.3 is 14.2 Å². The van der Waals surface area contributed by atoms with Crippen molar-refractivity contribution in [3.63, 3.8) is 0 Å². The quantitative estimate of drug-likeness (QED) is 0.601. The second-order valence-electron chi connectivity index (χ2n) is 6.63. The van der Waals surface area contributed by atoms with Gasteiger partial charge in [0.1, 0.15) is 0 Å². The first-order valence-corrected chi connectivity index (χ1v) is 11.4. The van der Waals surface area contributed by atoms with E-state index in [1.807, 2.05) is 12.1 Å². The molecule has 0 saturated carbocycles. The lowest BCUT2D eigenvalue weighted by atomic mass is 10.1. The number of sulfonamides is 1. The molecule has 9 heteroatoms. The molecule has 0 aliphatic carbocycles. The summed E-state index contributed by atoms with van der Waals surface area (Å²) >= 11 is 3.34. The molecule has 2 aromatic rings. The molecular weight excluding hydrogens is 460 g/mol. The maximum atomic E-state index is 12.9. The number of hydrogen-bond donors (Lipinski definition) is 0. The highest BCUT2D eigenvalue weighted by Crippen LogP contribution is 2.40. The summed E-state index contributed by atoms with van der Waals surface area (Å²) in [6.07, 6.45) is 0. The molecule has 0 atom stereocenters. The van der Waals surface area contributed by atoms with E-state index >= 15 is 0 Å². The molecule has 3 rings (SSSR count). The zero-order chi connectivity index (χ0) is 21.0. The summed E-state index contributed by atoms with van der Waals surface area (Å²) in [6, 6.07) is 10.5. The van der Waals surface area contributed by atoms with Crippen LogP contribution in [0.4, 0.5) is 0 Å². The van der Waals surface area contributed by atoms with Crippen LogP contribution >= 0.6 is 15.9 Å². The van der Waals surface area contributed by atoms with Crippen molar-refractivity contribution in [3.8, 4) is 17.2 Å². The molecule has 1 saturated heterocycles. The smallest absolute Gasteiger partial charge is 0.243 e. The van der Waals surface area contributed by atoms with E-state index in [0.717, 1.165) is 10.0 Å². The van der Waals surface area contributed by atoms with Gasteiger partial charge in [0.05, 0.1) is 26.2 Å². The van der Waals surface area contributed by atoms with Crippen molar-refractivity contribution >= 4 is 26.0 Å². The van der Waals surface area contributed by atoms with E-state index in [1.165, 1.54) is 0 Å². The molecule has 0 bridgehead atoms. The average Bonchev–Trinajstić information content (AvgIpc) is 2.74. The molecule has 0 aromatic heterocycles. The molecule has 1 aliphatic rings. The minimum atomic E-state index is -3.48. The van der Waals surface area contributed by atoms with E-state index in [4.69, 9.17) is 14.2 Å². The zero-order valence-corrected chi connectivity index (χ0v) is 19.1. The van der Waals surface area contributed by atoms with Crippen LogP contribution in [0.1, 0.15) is 5.56 Å². The molecule has 0 spiro atoms. The van der Waals surface area contributed by atoms with Gasteiger partial charge in [0, 0.05) is 42.8 Å². The van der Waals surface area contributed by atoms with Crippen molar-refractivity contribution in [3.05, 3.63) is 46.4 Å². The van der Waals surface area contributed by atoms with Gasteiger partial charge in [-0.2, -0.15) is 4.31 Å². The lowest BCUT2D eigenvalue weighted by molar-refractivity contribution is 0.179. The van der Waals surface area contributed by atoms with Crippen LogP contribution in [0.3, 0.4) is 0 Å². The van der Waals surface area contributed by atoms with Gasteiger partial charge in [-0.15, -0.1) is 0 Å². The van der Waals surface area contributed by atoms with Crippen molar-refractivity contribution < 1.29 is 22.6 Å². The highest BCUT2D eigenvalue weighted by atomic mass is 79.9. The Balaban J connectivity index is 1.69. The fraction of sp³-hybridized carbons (Fsp3) is 0.400. The van der Waals surface area contributed by atoms with Gasteiger partial charge in [-0.25, -0.2) is 8.42 Å². The van der Waals surface area contributed by atoms with Crippen LogP contribution in [0, 0.1) is 0 Å². The monoisotopic (exact) mass is 484 g/mol. The molecule has 0 radical (unpaired) electrons. The van der Waals surface area contributed by atoms with Gasteiger partial charge in [0.25, 0.3) is 0 Å². The molecule has 0 unspecified atom stereocenters. The number of nitrogens with zero attached hydrogens (tertiary/aromatic N) is 2. The average molecular weight is 485 g/mol. The van der Waals surface area contributed by atoms with E-state index in [1.54, 1.807) is 49.9 Å². The number of rotatable bonds is 7. The van der Waals surface area contributed by atoms with Crippen molar-refractivity contribution in [2.75, 3.05) is 47.5 Å². The van der Waals surface area contributed by atoms with E-state index in [2.05, 4.69) is 20.8 Å². The minimum Gasteiger partial charge on any atom is -0.493 e. The Morgan fingerprint density at radius 1 is 0.862 bits per heavy atom. The molecule has 2 aromatic carbocycles. The molecular formula is C20H25BrN2O5S. The van der Waals surface area contributed by atoms with Crippen LogP contribution in [-0.2, 0) is 16.6 Å². The van der Waals surface area contributed by atoms with Crippen LogP contribution in [0.15, 0.2) is 45.8 Å². The number of ether oxygens (including phenoxy) is 3. The van der Waals surface area contributed by atoms with Gasteiger partial charge in [-0.3, -0.25) is 4.90 Å². The Labute approximate surface area is 180 Å². The molecule has 1 heterocycles.